The lowest BCUT2D eigenvalue weighted by Gasteiger charge is -2.44. The number of imide groups is 1. The molecule has 1 unspecified atom stereocenters. The second-order valence-corrected chi connectivity index (χ2v) is 8.35. The number of carbonyl (C=O) groups is 3. The van der Waals surface area contributed by atoms with Gasteiger partial charge in [0.15, 0.2) is 0 Å². The Balaban J connectivity index is 1.21. The second kappa shape index (κ2) is 8.98. The molecule has 1 aromatic heterocycles. The third-order valence-electron chi connectivity index (χ3n) is 6.45. The third-order valence-corrected chi connectivity index (χ3v) is 6.45. The monoisotopic (exact) mass is 402 g/mol. The van der Waals surface area contributed by atoms with Crippen molar-refractivity contribution in [3.05, 3.63) is 24.2 Å². The van der Waals surface area contributed by atoms with Gasteiger partial charge in [-0.15, -0.1) is 0 Å². The zero-order valence-corrected chi connectivity index (χ0v) is 16.8. The lowest BCUT2D eigenvalue weighted by Crippen LogP contribution is -2.51. The van der Waals surface area contributed by atoms with E-state index in [0.29, 0.717) is 30.7 Å². The molecule has 3 atom stereocenters. The molecule has 0 bridgehead atoms. The van der Waals surface area contributed by atoms with Crippen LogP contribution in [0.15, 0.2) is 22.8 Å². The molecule has 3 aliphatic heterocycles. The molecule has 4 heterocycles. The van der Waals surface area contributed by atoms with E-state index in [1.54, 1.807) is 12.1 Å². The van der Waals surface area contributed by atoms with Crippen molar-refractivity contribution < 1.29 is 18.8 Å². The van der Waals surface area contributed by atoms with E-state index >= 15 is 0 Å². The van der Waals surface area contributed by atoms with Gasteiger partial charge in [0.05, 0.1) is 12.8 Å². The summed E-state index contributed by atoms with van der Waals surface area (Å²) >= 11 is 0. The fourth-order valence-corrected chi connectivity index (χ4v) is 4.90. The first-order chi connectivity index (χ1) is 14.1. The van der Waals surface area contributed by atoms with Gasteiger partial charge in [0, 0.05) is 19.0 Å². The molecule has 3 aliphatic rings. The molecule has 8 heteroatoms. The molecule has 8 nitrogen and oxygen atoms in total. The zero-order chi connectivity index (χ0) is 20.2. The van der Waals surface area contributed by atoms with E-state index in [-0.39, 0.29) is 24.8 Å². The molecule has 0 aliphatic carbocycles. The van der Waals surface area contributed by atoms with E-state index < -0.39 is 12.1 Å². The molecule has 29 heavy (non-hydrogen) atoms. The van der Waals surface area contributed by atoms with E-state index in [1.807, 2.05) is 0 Å². The number of furan rings is 1. The maximum Gasteiger partial charge on any atom is 0.325 e. The molecule has 3 saturated heterocycles. The summed E-state index contributed by atoms with van der Waals surface area (Å²) < 4.78 is 5.21. The van der Waals surface area contributed by atoms with Crippen LogP contribution in [0.3, 0.4) is 0 Å². The van der Waals surface area contributed by atoms with E-state index in [0.717, 1.165) is 4.90 Å². The number of carbonyl (C=O) groups excluding carboxylic acids is 3. The molecule has 2 N–H and O–H groups in total. The first-order valence-electron chi connectivity index (χ1n) is 10.8. The molecule has 4 amide bonds. The van der Waals surface area contributed by atoms with Crippen molar-refractivity contribution in [2.24, 2.45) is 5.92 Å². The molecule has 0 radical (unpaired) electrons. The fraction of sp³-hybridized carbons (Fsp3) is 0.667. The highest BCUT2D eigenvalue weighted by Gasteiger charge is 2.38. The van der Waals surface area contributed by atoms with Crippen LogP contribution in [0.1, 0.15) is 50.7 Å². The van der Waals surface area contributed by atoms with Crippen molar-refractivity contribution in [3.8, 4) is 0 Å². The quantitative estimate of drug-likeness (QED) is 0.679. The van der Waals surface area contributed by atoms with Gasteiger partial charge in [0.2, 0.25) is 5.91 Å². The second-order valence-electron chi connectivity index (χ2n) is 8.35. The summed E-state index contributed by atoms with van der Waals surface area (Å²) in [4.78, 5) is 40.6. The lowest BCUT2D eigenvalue weighted by atomic mass is 9.83. The van der Waals surface area contributed by atoms with E-state index in [9.17, 15) is 14.4 Å². The first-order valence-corrected chi connectivity index (χ1v) is 10.8. The van der Waals surface area contributed by atoms with Crippen LogP contribution in [-0.2, 0) is 16.1 Å². The van der Waals surface area contributed by atoms with Crippen LogP contribution in [0.4, 0.5) is 4.79 Å². The Morgan fingerprint density at radius 1 is 1.21 bits per heavy atom. The standard InChI is InChI=1S/C21H30N4O4/c26-19(22-13-15-5-3-11-24-10-2-1-7-18(15)24)9-8-17-20(27)25(21(28)23-17)14-16-6-4-12-29-16/h4,6,12,15,17-18H,1-3,5,7-11,13-14H2,(H,22,26)(H,23,28)/t15-,17?,18+/m0/s1. The Morgan fingerprint density at radius 3 is 2.90 bits per heavy atom. The summed E-state index contributed by atoms with van der Waals surface area (Å²) in [7, 11) is 0. The minimum atomic E-state index is -0.647. The van der Waals surface area contributed by atoms with Gasteiger partial charge in [-0.25, -0.2) is 4.79 Å². The van der Waals surface area contributed by atoms with Crippen LogP contribution >= 0.6 is 0 Å². The molecule has 3 fully saturated rings. The van der Waals surface area contributed by atoms with Crippen molar-refractivity contribution in [2.75, 3.05) is 19.6 Å². The summed E-state index contributed by atoms with van der Waals surface area (Å²) in [5.74, 6) is 0.717. The predicted octanol–water partition coefficient (Wildman–Crippen LogP) is 1.86. The largest absolute Gasteiger partial charge is 0.467 e. The van der Waals surface area contributed by atoms with Crippen LogP contribution < -0.4 is 10.6 Å². The van der Waals surface area contributed by atoms with Gasteiger partial charge >= 0.3 is 6.03 Å². The number of hydrogen-bond donors (Lipinski definition) is 2. The normalized spacial score (nSPS) is 27.6. The predicted molar refractivity (Wildman–Crippen MR) is 106 cm³/mol. The van der Waals surface area contributed by atoms with Crippen molar-refractivity contribution >= 4 is 17.8 Å². The van der Waals surface area contributed by atoms with Crippen LogP contribution in [-0.4, -0.2) is 59.4 Å². The summed E-state index contributed by atoms with van der Waals surface area (Å²) in [5.41, 5.74) is 0. The molecule has 158 valence electrons. The summed E-state index contributed by atoms with van der Waals surface area (Å²) in [5, 5.41) is 5.74. The van der Waals surface area contributed by atoms with Gasteiger partial charge in [0.1, 0.15) is 11.8 Å². The molecular formula is C21H30N4O4. The fourth-order valence-electron chi connectivity index (χ4n) is 4.90. The van der Waals surface area contributed by atoms with Gasteiger partial charge in [-0.1, -0.05) is 6.42 Å². The van der Waals surface area contributed by atoms with Crippen LogP contribution in [0.25, 0.3) is 0 Å². The Labute approximate surface area is 171 Å². The van der Waals surface area contributed by atoms with Gasteiger partial charge in [-0.05, 0) is 63.2 Å². The number of nitrogens with one attached hydrogen (secondary N) is 2. The Morgan fingerprint density at radius 2 is 2.07 bits per heavy atom. The maximum atomic E-state index is 12.5. The lowest BCUT2D eigenvalue weighted by molar-refractivity contribution is -0.128. The van der Waals surface area contributed by atoms with E-state index in [4.69, 9.17) is 4.42 Å². The molecule has 4 rings (SSSR count). The number of nitrogens with zero attached hydrogens (tertiary/aromatic N) is 2. The number of rotatable bonds is 7. The highest BCUT2D eigenvalue weighted by molar-refractivity contribution is 6.04. The Kier molecular flexibility index (Phi) is 6.18. The number of amides is 4. The number of urea groups is 1. The minimum Gasteiger partial charge on any atom is -0.467 e. The van der Waals surface area contributed by atoms with Crippen molar-refractivity contribution in [1.29, 1.82) is 0 Å². The van der Waals surface area contributed by atoms with Gasteiger partial charge in [-0.2, -0.15) is 0 Å². The van der Waals surface area contributed by atoms with Gasteiger partial charge < -0.3 is 20.0 Å². The van der Waals surface area contributed by atoms with E-state index in [2.05, 4.69) is 15.5 Å². The summed E-state index contributed by atoms with van der Waals surface area (Å²) in [6.45, 7) is 3.19. The maximum absolute atomic E-state index is 12.5. The minimum absolute atomic E-state index is 0.0514. The average molecular weight is 402 g/mol. The highest BCUT2D eigenvalue weighted by Crippen LogP contribution is 2.30. The number of hydrogen-bond acceptors (Lipinski definition) is 5. The molecule has 0 saturated carbocycles. The highest BCUT2D eigenvalue weighted by atomic mass is 16.3. The topological polar surface area (TPSA) is 94.9 Å². The number of fused-ring (bicyclic) bond motifs is 1. The molecular weight excluding hydrogens is 372 g/mol. The first kappa shape index (κ1) is 19.9. The van der Waals surface area contributed by atoms with Gasteiger partial charge in [-0.3, -0.25) is 14.5 Å². The van der Waals surface area contributed by atoms with Crippen molar-refractivity contribution in [2.45, 2.75) is 63.6 Å². The van der Waals surface area contributed by atoms with Crippen molar-refractivity contribution in [3.63, 3.8) is 0 Å². The number of piperidine rings is 2. The summed E-state index contributed by atoms with van der Waals surface area (Å²) in [6.07, 6.45) is 8.21. The van der Waals surface area contributed by atoms with Gasteiger partial charge in [0.25, 0.3) is 5.91 Å². The Hall–Kier alpha value is -2.35. The zero-order valence-electron chi connectivity index (χ0n) is 16.8. The summed E-state index contributed by atoms with van der Waals surface area (Å²) in [6, 6.07) is 2.96. The van der Waals surface area contributed by atoms with Crippen molar-refractivity contribution in [1.82, 2.24) is 20.4 Å². The third kappa shape index (κ3) is 4.63. The SMILES string of the molecule is O=C(CCC1NC(=O)N(Cc2ccco2)C1=O)NC[C@@H]1CCCN2CCCC[C@H]12. The molecule has 0 spiro atoms. The Bertz CT molecular complexity index is 733. The smallest absolute Gasteiger partial charge is 0.325 e. The average Bonchev–Trinajstić information content (AvgIpc) is 3.34. The molecule has 0 aromatic carbocycles. The van der Waals surface area contributed by atoms with E-state index in [1.165, 1.54) is 51.5 Å². The van der Waals surface area contributed by atoms with Crippen LogP contribution in [0.5, 0.6) is 0 Å². The van der Waals surface area contributed by atoms with Crippen LogP contribution in [0.2, 0.25) is 0 Å². The molecule has 1 aromatic rings. The van der Waals surface area contributed by atoms with Crippen LogP contribution in [0, 0.1) is 5.92 Å².